The number of amides is 1. The molecule has 0 unspecified atom stereocenters. The van der Waals surface area contributed by atoms with Crippen LogP contribution in [-0.2, 0) is 11.3 Å². The number of rotatable bonds is 4. The van der Waals surface area contributed by atoms with Gasteiger partial charge < -0.3 is 10.1 Å². The fourth-order valence-corrected chi connectivity index (χ4v) is 4.09. The van der Waals surface area contributed by atoms with E-state index in [4.69, 9.17) is 9.84 Å². The van der Waals surface area contributed by atoms with Crippen LogP contribution in [0.3, 0.4) is 0 Å². The standard InChI is InChI=1S/C26H19FN4O2/c1-16-25(20-7-10-23-22(12-20)29-24(32)15-33-23)26(19-5-8-21(27)9-6-19)31(30-16)14-18-4-2-3-17(11-18)13-28/h2-12H,14-15H2,1H3,(H,29,32). The van der Waals surface area contributed by atoms with Crippen molar-refractivity contribution in [3.63, 3.8) is 0 Å². The number of hydrogen-bond donors (Lipinski definition) is 1. The first-order valence-electron chi connectivity index (χ1n) is 10.4. The van der Waals surface area contributed by atoms with Gasteiger partial charge in [-0.15, -0.1) is 0 Å². The average molecular weight is 438 g/mol. The maximum absolute atomic E-state index is 13.7. The van der Waals surface area contributed by atoms with Crippen LogP contribution in [0.15, 0.2) is 66.7 Å². The smallest absolute Gasteiger partial charge is 0.262 e. The molecule has 3 aromatic carbocycles. The lowest BCUT2D eigenvalue weighted by Gasteiger charge is -2.19. The van der Waals surface area contributed by atoms with Crippen molar-refractivity contribution in [2.75, 3.05) is 11.9 Å². The molecule has 0 bridgehead atoms. The fraction of sp³-hybridized carbons (Fsp3) is 0.115. The molecule has 162 valence electrons. The molecule has 0 saturated carbocycles. The van der Waals surface area contributed by atoms with Gasteiger partial charge in [0.05, 0.1) is 35.3 Å². The number of carbonyl (C=O) groups is 1. The highest BCUT2D eigenvalue weighted by Gasteiger charge is 2.22. The number of aromatic nitrogens is 2. The second-order valence-electron chi connectivity index (χ2n) is 7.83. The Labute approximate surface area is 189 Å². The largest absolute Gasteiger partial charge is 0.482 e. The zero-order chi connectivity index (χ0) is 22.9. The average Bonchev–Trinajstić information content (AvgIpc) is 3.14. The van der Waals surface area contributed by atoms with E-state index in [0.717, 1.165) is 33.6 Å². The molecule has 1 aromatic heterocycles. The summed E-state index contributed by atoms with van der Waals surface area (Å²) in [4.78, 5) is 11.8. The molecule has 1 aliphatic heterocycles. The van der Waals surface area contributed by atoms with Crippen molar-refractivity contribution >= 4 is 11.6 Å². The number of ether oxygens (including phenoxy) is 1. The van der Waals surface area contributed by atoms with Gasteiger partial charge in [0.2, 0.25) is 0 Å². The van der Waals surface area contributed by atoms with E-state index in [-0.39, 0.29) is 18.3 Å². The van der Waals surface area contributed by atoms with Crippen molar-refractivity contribution < 1.29 is 13.9 Å². The van der Waals surface area contributed by atoms with Crippen LogP contribution < -0.4 is 10.1 Å². The van der Waals surface area contributed by atoms with E-state index < -0.39 is 0 Å². The summed E-state index contributed by atoms with van der Waals surface area (Å²) in [5, 5.41) is 16.9. The number of fused-ring (bicyclic) bond motifs is 1. The highest BCUT2D eigenvalue weighted by molar-refractivity contribution is 5.97. The molecule has 1 N–H and O–H groups in total. The molecule has 33 heavy (non-hydrogen) atoms. The normalized spacial score (nSPS) is 12.5. The Morgan fingerprint density at radius 2 is 1.91 bits per heavy atom. The lowest BCUT2D eigenvalue weighted by Crippen LogP contribution is -2.25. The number of benzene rings is 3. The Morgan fingerprint density at radius 3 is 2.70 bits per heavy atom. The van der Waals surface area contributed by atoms with E-state index >= 15 is 0 Å². The van der Waals surface area contributed by atoms with E-state index in [1.165, 1.54) is 12.1 Å². The predicted molar refractivity (Wildman–Crippen MR) is 122 cm³/mol. The second-order valence-corrected chi connectivity index (χ2v) is 7.83. The van der Waals surface area contributed by atoms with Crippen molar-refractivity contribution in [3.8, 4) is 34.2 Å². The molecule has 0 atom stereocenters. The Bertz CT molecular complexity index is 1420. The number of anilines is 1. The highest BCUT2D eigenvalue weighted by atomic mass is 19.1. The van der Waals surface area contributed by atoms with E-state index in [1.54, 1.807) is 18.2 Å². The maximum atomic E-state index is 13.7. The van der Waals surface area contributed by atoms with Crippen molar-refractivity contribution in [2.45, 2.75) is 13.5 Å². The van der Waals surface area contributed by atoms with Gasteiger partial charge in [0.25, 0.3) is 5.91 Å². The molecule has 4 aromatic rings. The van der Waals surface area contributed by atoms with E-state index in [2.05, 4.69) is 11.4 Å². The fourth-order valence-electron chi connectivity index (χ4n) is 4.09. The lowest BCUT2D eigenvalue weighted by molar-refractivity contribution is -0.118. The Hall–Kier alpha value is -4.44. The molecule has 0 saturated heterocycles. The number of hydrogen-bond acceptors (Lipinski definition) is 4. The van der Waals surface area contributed by atoms with Crippen molar-refractivity contribution in [3.05, 3.63) is 89.4 Å². The monoisotopic (exact) mass is 438 g/mol. The summed E-state index contributed by atoms with van der Waals surface area (Å²) in [5.74, 6) is 0.0849. The maximum Gasteiger partial charge on any atom is 0.262 e. The summed E-state index contributed by atoms with van der Waals surface area (Å²) < 4.78 is 21.0. The van der Waals surface area contributed by atoms with E-state index in [1.807, 2.05) is 48.0 Å². The molecule has 0 spiro atoms. The molecule has 1 aliphatic rings. The summed E-state index contributed by atoms with van der Waals surface area (Å²) in [6, 6.07) is 21.4. The zero-order valence-corrected chi connectivity index (χ0v) is 17.8. The van der Waals surface area contributed by atoms with Crippen LogP contribution in [0.4, 0.5) is 10.1 Å². The van der Waals surface area contributed by atoms with Gasteiger partial charge in [0.1, 0.15) is 11.6 Å². The van der Waals surface area contributed by atoms with Gasteiger partial charge >= 0.3 is 0 Å². The minimum absolute atomic E-state index is 0.00804. The van der Waals surface area contributed by atoms with Crippen LogP contribution in [0.5, 0.6) is 5.75 Å². The first kappa shape index (κ1) is 20.5. The molecule has 7 heteroatoms. The Balaban J connectivity index is 1.66. The molecule has 0 radical (unpaired) electrons. The molecular weight excluding hydrogens is 419 g/mol. The molecule has 0 aliphatic carbocycles. The van der Waals surface area contributed by atoms with Gasteiger partial charge in [-0.25, -0.2) is 4.39 Å². The number of aryl methyl sites for hydroxylation is 1. The van der Waals surface area contributed by atoms with Gasteiger partial charge in [-0.2, -0.15) is 10.4 Å². The lowest BCUT2D eigenvalue weighted by atomic mass is 9.98. The van der Waals surface area contributed by atoms with Gasteiger partial charge in [-0.05, 0) is 66.6 Å². The summed E-state index contributed by atoms with van der Waals surface area (Å²) in [7, 11) is 0. The van der Waals surface area contributed by atoms with Crippen LogP contribution in [0.25, 0.3) is 22.4 Å². The molecule has 2 heterocycles. The minimum Gasteiger partial charge on any atom is -0.482 e. The topological polar surface area (TPSA) is 79.9 Å². The highest BCUT2D eigenvalue weighted by Crippen LogP contribution is 2.39. The van der Waals surface area contributed by atoms with Crippen molar-refractivity contribution in [1.29, 1.82) is 5.26 Å². The van der Waals surface area contributed by atoms with Crippen LogP contribution in [0.1, 0.15) is 16.8 Å². The third kappa shape index (κ3) is 3.94. The molecular formula is C26H19FN4O2. The van der Waals surface area contributed by atoms with Crippen molar-refractivity contribution in [2.24, 2.45) is 0 Å². The summed E-state index contributed by atoms with van der Waals surface area (Å²) in [5.41, 5.74) is 6.24. The molecule has 0 fully saturated rings. The quantitative estimate of drug-likeness (QED) is 0.491. The van der Waals surface area contributed by atoms with Crippen LogP contribution in [0.2, 0.25) is 0 Å². The summed E-state index contributed by atoms with van der Waals surface area (Å²) in [6.07, 6.45) is 0. The van der Waals surface area contributed by atoms with Gasteiger partial charge in [-0.1, -0.05) is 18.2 Å². The van der Waals surface area contributed by atoms with E-state index in [9.17, 15) is 14.4 Å². The predicted octanol–water partition coefficient (Wildman–Crippen LogP) is 4.92. The Morgan fingerprint density at radius 1 is 1.12 bits per heavy atom. The first-order valence-corrected chi connectivity index (χ1v) is 10.4. The van der Waals surface area contributed by atoms with E-state index in [0.29, 0.717) is 23.5 Å². The van der Waals surface area contributed by atoms with Crippen LogP contribution in [-0.4, -0.2) is 22.3 Å². The van der Waals surface area contributed by atoms with Gasteiger partial charge in [0.15, 0.2) is 6.61 Å². The molecule has 1 amide bonds. The van der Waals surface area contributed by atoms with Gasteiger partial charge in [-0.3, -0.25) is 9.48 Å². The minimum atomic E-state index is -0.321. The number of carbonyl (C=O) groups excluding carboxylic acids is 1. The SMILES string of the molecule is Cc1nn(Cc2cccc(C#N)c2)c(-c2ccc(F)cc2)c1-c1ccc2c(c1)NC(=O)CO2. The zero-order valence-electron chi connectivity index (χ0n) is 17.8. The second kappa shape index (κ2) is 8.24. The number of halogens is 1. The summed E-state index contributed by atoms with van der Waals surface area (Å²) in [6.45, 7) is 2.35. The Kier molecular flexibility index (Phi) is 5.11. The molecule has 5 rings (SSSR count). The van der Waals surface area contributed by atoms with Crippen LogP contribution >= 0.6 is 0 Å². The number of nitrogens with one attached hydrogen (secondary N) is 1. The van der Waals surface area contributed by atoms with Crippen LogP contribution in [0, 0.1) is 24.1 Å². The third-order valence-corrected chi connectivity index (χ3v) is 5.53. The molecule has 6 nitrogen and oxygen atoms in total. The van der Waals surface area contributed by atoms with Gasteiger partial charge in [0, 0.05) is 11.1 Å². The summed E-state index contributed by atoms with van der Waals surface area (Å²) >= 11 is 0. The third-order valence-electron chi connectivity index (χ3n) is 5.53. The number of nitriles is 1. The number of nitrogens with zero attached hydrogens (tertiary/aromatic N) is 3. The van der Waals surface area contributed by atoms with Crippen molar-refractivity contribution in [1.82, 2.24) is 9.78 Å². The first-order chi connectivity index (χ1) is 16.0.